The molecule has 1 aromatic heterocycles. The summed E-state index contributed by atoms with van der Waals surface area (Å²) in [5.74, 6) is 0. The van der Waals surface area contributed by atoms with Crippen molar-refractivity contribution in [3.05, 3.63) is 65.2 Å². The van der Waals surface area contributed by atoms with Crippen LogP contribution in [0.15, 0.2) is 64.0 Å². The quantitative estimate of drug-likeness (QED) is 0.526. The second-order valence-corrected chi connectivity index (χ2v) is 8.52. The van der Waals surface area contributed by atoms with Crippen LogP contribution in [0, 0.1) is 22.7 Å². The molecular weight excluding hydrogens is 350 g/mol. The number of aromatic nitrogens is 1. The largest absolute Gasteiger partial charge is 0.338 e. The summed E-state index contributed by atoms with van der Waals surface area (Å²) in [7, 11) is 2.02. The monoisotopic (exact) mass is 371 g/mol. The second kappa shape index (κ2) is 7.35. The van der Waals surface area contributed by atoms with E-state index in [-0.39, 0.29) is 11.0 Å². The van der Waals surface area contributed by atoms with Crippen molar-refractivity contribution in [2.75, 3.05) is 0 Å². The lowest BCUT2D eigenvalue weighted by molar-refractivity contribution is 0.590. The number of fused-ring (bicyclic) bond motifs is 1. The Balaban J connectivity index is 2.11. The molecule has 0 aliphatic rings. The molecule has 0 unspecified atom stereocenters. The van der Waals surface area contributed by atoms with Gasteiger partial charge < -0.3 is 4.57 Å². The molecule has 0 radical (unpaired) electrons. The van der Waals surface area contributed by atoms with E-state index < -0.39 is 0 Å². The van der Waals surface area contributed by atoms with E-state index in [9.17, 15) is 10.5 Å². The molecule has 0 bridgehead atoms. The highest BCUT2D eigenvalue weighted by Gasteiger charge is 2.17. The molecule has 3 rings (SSSR count). The molecule has 0 aliphatic heterocycles. The standard InChI is InChI=1S/C23H21N3S/c1-23(2,3)17-9-11-18(12-10-17)27-22-20(13-16(14-24)15-25)19-7-5-6-8-21(19)26(22)4/h5-13H,1-4H3. The number of rotatable bonds is 3. The first-order chi connectivity index (χ1) is 12.8. The highest BCUT2D eigenvalue weighted by molar-refractivity contribution is 7.99. The Morgan fingerprint density at radius 3 is 2.22 bits per heavy atom. The molecule has 3 aromatic rings. The molecule has 3 nitrogen and oxygen atoms in total. The smallest absolute Gasteiger partial charge is 0.130 e. The van der Waals surface area contributed by atoms with Crippen LogP contribution in [0.4, 0.5) is 0 Å². The summed E-state index contributed by atoms with van der Waals surface area (Å²) >= 11 is 1.65. The van der Waals surface area contributed by atoms with E-state index in [1.165, 1.54) is 5.56 Å². The zero-order valence-corrected chi connectivity index (χ0v) is 16.8. The Kier molecular flexibility index (Phi) is 5.13. The molecule has 0 saturated carbocycles. The summed E-state index contributed by atoms with van der Waals surface area (Å²) in [5, 5.41) is 20.5. The molecule has 0 fully saturated rings. The molecule has 1 heterocycles. The number of nitrogens with zero attached hydrogens (tertiary/aromatic N) is 3. The normalized spacial score (nSPS) is 11.0. The molecule has 0 N–H and O–H groups in total. The van der Waals surface area contributed by atoms with E-state index in [0.29, 0.717) is 0 Å². The van der Waals surface area contributed by atoms with Gasteiger partial charge in [0.2, 0.25) is 0 Å². The average Bonchev–Trinajstić information content (AvgIpc) is 2.91. The molecule has 0 spiro atoms. The first-order valence-corrected chi connectivity index (χ1v) is 9.54. The fourth-order valence-electron chi connectivity index (χ4n) is 3.03. The fourth-order valence-corrected chi connectivity index (χ4v) is 4.04. The maximum absolute atomic E-state index is 9.20. The van der Waals surface area contributed by atoms with Crippen LogP contribution in [0.2, 0.25) is 0 Å². The summed E-state index contributed by atoms with van der Waals surface area (Å²) in [5.41, 5.74) is 3.51. The minimum absolute atomic E-state index is 0.108. The predicted octanol–water partition coefficient (Wildman–Crippen LogP) is 6.06. The maximum Gasteiger partial charge on any atom is 0.130 e. The number of hydrogen-bond acceptors (Lipinski definition) is 3. The third kappa shape index (κ3) is 3.77. The van der Waals surface area contributed by atoms with Crippen LogP contribution in [0.3, 0.4) is 0 Å². The molecule has 0 saturated heterocycles. The van der Waals surface area contributed by atoms with Gasteiger partial charge in [0.25, 0.3) is 0 Å². The Morgan fingerprint density at radius 2 is 1.63 bits per heavy atom. The van der Waals surface area contributed by atoms with Gasteiger partial charge in [-0.3, -0.25) is 0 Å². The van der Waals surface area contributed by atoms with Gasteiger partial charge in [0, 0.05) is 28.4 Å². The summed E-state index contributed by atoms with van der Waals surface area (Å²) in [6, 6.07) is 20.6. The molecule has 0 amide bonds. The Morgan fingerprint density at radius 1 is 1.00 bits per heavy atom. The summed E-state index contributed by atoms with van der Waals surface area (Å²) in [4.78, 5) is 1.12. The van der Waals surface area contributed by atoms with Crippen molar-refractivity contribution in [2.45, 2.75) is 36.1 Å². The first-order valence-electron chi connectivity index (χ1n) is 8.73. The summed E-state index contributed by atoms with van der Waals surface area (Å²) < 4.78 is 2.12. The van der Waals surface area contributed by atoms with Gasteiger partial charge in [-0.05, 0) is 35.3 Å². The van der Waals surface area contributed by atoms with Crippen LogP contribution in [0.1, 0.15) is 31.9 Å². The lowest BCUT2D eigenvalue weighted by atomic mass is 9.87. The van der Waals surface area contributed by atoms with Crippen LogP contribution in [0.5, 0.6) is 0 Å². The van der Waals surface area contributed by atoms with Crippen molar-refractivity contribution < 1.29 is 0 Å². The van der Waals surface area contributed by atoms with E-state index in [1.54, 1.807) is 17.8 Å². The molecule has 0 atom stereocenters. The Labute approximate surface area is 164 Å². The van der Waals surface area contributed by atoms with Crippen molar-refractivity contribution in [3.8, 4) is 12.1 Å². The van der Waals surface area contributed by atoms with E-state index >= 15 is 0 Å². The summed E-state index contributed by atoms with van der Waals surface area (Å²) in [6.07, 6.45) is 1.69. The van der Waals surface area contributed by atoms with Gasteiger partial charge >= 0.3 is 0 Å². The van der Waals surface area contributed by atoms with Crippen LogP contribution in [0.25, 0.3) is 17.0 Å². The average molecular weight is 372 g/mol. The van der Waals surface area contributed by atoms with Gasteiger partial charge in [-0.15, -0.1) is 0 Å². The lowest BCUT2D eigenvalue weighted by Gasteiger charge is -2.19. The van der Waals surface area contributed by atoms with Gasteiger partial charge in [0.1, 0.15) is 17.7 Å². The number of aryl methyl sites for hydroxylation is 1. The molecule has 27 heavy (non-hydrogen) atoms. The van der Waals surface area contributed by atoms with E-state index in [2.05, 4.69) is 55.7 Å². The molecule has 134 valence electrons. The molecular formula is C23H21N3S. The van der Waals surface area contributed by atoms with Crippen LogP contribution < -0.4 is 0 Å². The number of para-hydroxylation sites is 1. The Hall–Kier alpha value is -2.95. The number of hydrogen-bond donors (Lipinski definition) is 0. The topological polar surface area (TPSA) is 52.5 Å². The van der Waals surface area contributed by atoms with E-state index in [4.69, 9.17) is 0 Å². The van der Waals surface area contributed by atoms with Crippen molar-refractivity contribution in [1.82, 2.24) is 4.57 Å². The van der Waals surface area contributed by atoms with Gasteiger partial charge in [0.15, 0.2) is 0 Å². The third-order valence-electron chi connectivity index (χ3n) is 4.56. The van der Waals surface area contributed by atoms with Gasteiger partial charge in [-0.2, -0.15) is 10.5 Å². The Bertz CT molecular complexity index is 1080. The lowest BCUT2D eigenvalue weighted by Crippen LogP contribution is -2.10. The number of benzene rings is 2. The van der Waals surface area contributed by atoms with Crippen molar-refractivity contribution in [2.24, 2.45) is 7.05 Å². The molecule has 2 aromatic carbocycles. The zero-order valence-electron chi connectivity index (χ0n) is 15.9. The fraction of sp³-hybridized carbons (Fsp3) is 0.217. The first kappa shape index (κ1) is 18.8. The molecule has 4 heteroatoms. The minimum atomic E-state index is 0.108. The molecule has 0 aliphatic carbocycles. The van der Waals surface area contributed by atoms with E-state index in [1.807, 2.05) is 37.4 Å². The zero-order chi connectivity index (χ0) is 19.6. The maximum atomic E-state index is 9.20. The highest BCUT2D eigenvalue weighted by Crippen LogP contribution is 2.38. The van der Waals surface area contributed by atoms with Crippen LogP contribution >= 0.6 is 11.8 Å². The van der Waals surface area contributed by atoms with Crippen LogP contribution in [-0.2, 0) is 12.5 Å². The second-order valence-electron chi connectivity index (χ2n) is 7.45. The number of nitriles is 2. The van der Waals surface area contributed by atoms with E-state index in [0.717, 1.165) is 26.4 Å². The summed E-state index contributed by atoms with van der Waals surface area (Å²) in [6.45, 7) is 6.60. The van der Waals surface area contributed by atoms with Crippen molar-refractivity contribution >= 4 is 28.7 Å². The van der Waals surface area contributed by atoms with Crippen LogP contribution in [-0.4, -0.2) is 4.57 Å². The SMILES string of the molecule is Cn1c(Sc2ccc(C(C)(C)C)cc2)c(C=C(C#N)C#N)c2ccccc21. The highest BCUT2D eigenvalue weighted by atomic mass is 32.2. The van der Waals surface area contributed by atoms with Gasteiger partial charge in [-0.1, -0.05) is 62.9 Å². The van der Waals surface area contributed by atoms with Gasteiger partial charge in [-0.25, -0.2) is 0 Å². The number of allylic oxidation sites excluding steroid dienone is 1. The minimum Gasteiger partial charge on any atom is -0.338 e. The third-order valence-corrected chi connectivity index (χ3v) is 5.75. The van der Waals surface area contributed by atoms with Crippen molar-refractivity contribution in [1.29, 1.82) is 10.5 Å². The predicted molar refractivity (Wildman–Crippen MR) is 111 cm³/mol. The van der Waals surface area contributed by atoms with Gasteiger partial charge in [0.05, 0.1) is 5.03 Å². The van der Waals surface area contributed by atoms with Crippen molar-refractivity contribution in [3.63, 3.8) is 0 Å².